The van der Waals surface area contributed by atoms with E-state index >= 15 is 0 Å². The fourth-order valence-electron chi connectivity index (χ4n) is 3.04. The first-order chi connectivity index (χ1) is 13.7. The zero-order valence-corrected chi connectivity index (χ0v) is 17.5. The molecule has 0 fully saturated rings. The lowest BCUT2D eigenvalue weighted by atomic mass is 9.85. The zero-order chi connectivity index (χ0) is 21.2. The normalized spacial score (nSPS) is 11.6. The van der Waals surface area contributed by atoms with Gasteiger partial charge in [-0.2, -0.15) is 5.10 Å². The number of nitrogens with two attached hydrogens (primary N) is 1. The van der Waals surface area contributed by atoms with Gasteiger partial charge >= 0.3 is 0 Å². The monoisotopic (exact) mass is 413 g/mol. The van der Waals surface area contributed by atoms with Crippen LogP contribution in [0.25, 0.3) is 22.6 Å². The van der Waals surface area contributed by atoms with E-state index in [1.807, 2.05) is 23.0 Å². The Balaban J connectivity index is 2.02. The molecule has 29 heavy (non-hydrogen) atoms. The van der Waals surface area contributed by atoms with Crippen LogP contribution in [0.3, 0.4) is 0 Å². The summed E-state index contributed by atoms with van der Waals surface area (Å²) in [7, 11) is 0. The molecule has 0 unspecified atom stereocenters. The summed E-state index contributed by atoms with van der Waals surface area (Å²) in [5.74, 6) is -0.0221. The third-order valence-electron chi connectivity index (χ3n) is 4.72. The molecule has 3 rings (SSSR count). The van der Waals surface area contributed by atoms with E-state index in [0.717, 1.165) is 24.1 Å². The summed E-state index contributed by atoms with van der Waals surface area (Å²) in [5.41, 5.74) is 7.24. The number of nitrogens with one attached hydrogen (secondary N) is 1. The minimum absolute atomic E-state index is 0.285. The maximum Gasteiger partial charge on any atom is 0.251 e. The molecule has 1 aromatic carbocycles. The molecule has 0 aliphatic carbocycles. The second-order valence-corrected chi connectivity index (χ2v) is 8.12. The predicted octanol–water partition coefficient (Wildman–Crippen LogP) is 3.42. The van der Waals surface area contributed by atoms with E-state index in [2.05, 4.69) is 22.0 Å². The van der Waals surface area contributed by atoms with Crippen LogP contribution in [0.5, 0.6) is 0 Å². The van der Waals surface area contributed by atoms with Gasteiger partial charge in [-0.05, 0) is 30.5 Å². The molecule has 7 nitrogen and oxygen atoms in total. The molecular formula is C21H24ClN5O2. The molecule has 0 saturated heterocycles. The van der Waals surface area contributed by atoms with Crippen molar-refractivity contribution in [1.82, 2.24) is 19.7 Å². The van der Waals surface area contributed by atoms with Crippen molar-refractivity contribution in [3.05, 3.63) is 57.6 Å². The van der Waals surface area contributed by atoms with E-state index in [1.54, 1.807) is 26.1 Å². The van der Waals surface area contributed by atoms with Crippen molar-refractivity contribution in [2.24, 2.45) is 11.1 Å². The molecule has 0 radical (unpaired) electrons. The fraction of sp³-hybridized carbons (Fsp3) is 0.333. The van der Waals surface area contributed by atoms with Gasteiger partial charge in [0, 0.05) is 35.3 Å². The lowest BCUT2D eigenvalue weighted by Gasteiger charge is -2.20. The van der Waals surface area contributed by atoms with Crippen LogP contribution in [0.4, 0.5) is 0 Å². The number of benzene rings is 1. The molecule has 3 N–H and O–H groups in total. The third kappa shape index (κ3) is 4.74. The molecular weight excluding hydrogens is 390 g/mol. The molecule has 2 aromatic heterocycles. The number of carbonyl (C=O) groups is 1. The van der Waals surface area contributed by atoms with Crippen molar-refractivity contribution in [2.45, 2.75) is 40.2 Å². The highest BCUT2D eigenvalue weighted by Gasteiger charge is 2.25. The third-order valence-corrected chi connectivity index (χ3v) is 5.05. The Hall–Kier alpha value is -2.93. The van der Waals surface area contributed by atoms with Crippen molar-refractivity contribution >= 4 is 17.5 Å². The van der Waals surface area contributed by atoms with E-state index < -0.39 is 5.41 Å². The van der Waals surface area contributed by atoms with Crippen molar-refractivity contribution in [1.29, 1.82) is 0 Å². The Kier molecular flexibility index (Phi) is 5.88. The number of halogens is 1. The number of amides is 1. The average molecular weight is 414 g/mol. The summed E-state index contributed by atoms with van der Waals surface area (Å²) in [6.45, 7) is 6.44. The van der Waals surface area contributed by atoms with Crippen LogP contribution >= 0.6 is 11.6 Å². The molecule has 3 aromatic rings. The van der Waals surface area contributed by atoms with Gasteiger partial charge in [-0.25, -0.2) is 4.98 Å². The number of rotatable bonds is 7. The van der Waals surface area contributed by atoms with Crippen LogP contribution in [-0.4, -0.2) is 25.7 Å². The van der Waals surface area contributed by atoms with Gasteiger partial charge < -0.3 is 10.7 Å². The highest BCUT2D eigenvalue weighted by atomic mass is 35.5. The van der Waals surface area contributed by atoms with E-state index in [9.17, 15) is 9.59 Å². The van der Waals surface area contributed by atoms with E-state index in [1.165, 1.54) is 6.07 Å². The number of aromatic nitrogens is 4. The van der Waals surface area contributed by atoms with Gasteiger partial charge in [0.1, 0.15) is 5.82 Å². The van der Waals surface area contributed by atoms with Crippen LogP contribution < -0.4 is 11.3 Å². The Labute approximate surface area is 173 Å². The van der Waals surface area contributed by atoms with Crippen molar-refractivity contribution < 1.29 is 4.79 Å². The second-order valence-electron chi connectivity index (χ2n) is 7.71. The summed E-state index contributed by atoms with van der Waals surface area (Å²) in [4.78, 5) is 31.3. The highest BCUT2D eigenvalue weighted by molar-refractivity contribution is 6.33. The lowest BCUT2D eigenvalue weighted by Crippen LogP contribution is -2.33. The molecule has 1 amide bonds. The van der Waals surface area contributed by atoms with Crippen LogP contribution in [0.1, 0.15) is 32.8 Å². The minimum atomic E-state index is -0.707. The van der Waals surface area contributed by atoms with Crippen LogP contribution in [-0.2, 0) is 17.8 Å². The Morgan fingerprint density at radius 2 is 2.07 bits per heavy atom. The average Bonchev–Trinajstić information content (AvgIpc) is 3.11. The van der Waals surface area contributed by atoms with Crippen LogP contribution in [0, 0.1) is 5.41 Å². The van der Waals surface area contributed by atoms with Gasteiger partial charge in [0.2, 0.25) is 5.91 Å². The van der Waals surface area contributed by atoms with Gasteiger partial charge in [-0.1, -0.05) is 38.4 Å². The number of primary amides is 1. The molecule has 0 atom stereocenters. The number of hydrogen-bond acceptors (Lipinski definition) is 4. The first-order valence-electron chi connectivity index (χ1n) is 9.42. The summed E-state index contributed by atoms with van der Waals surface area (Å²) < 4.78 is 1.82. The number of nitrogens with zero attached hydrogens (tertiary/aromatic N) is 3. The second kappa shape index (κ2) is 8.21. The largest absolute Gasteiger partial charge is 0.369 e. The minimum Gasteiger partial charge on any atom is -0.369 e. The summed E-state index contributed by atoms with van der Waals surface area (Å²) >= 11 is 6.39. The first-order valence-corrected chi connectivity index (χ1v) is 9.80. The highest BCUT2D eigenvalue weighted by Crippen LogP contribution is 2.30. The summed E-state index contributed by atoms with van der Waals surface area (Å²) in [5, 5.41) is 4.75. The van der Waals surface area contributed by atoms with E-state index in [4.69, 9.17) is 17.3 Å². The number of H-pyrrole nitrogens is 1. The van der Waals surface area contributed by atoms with Gasteiger partial charge in [-0.15, -0.1) is 0 Å². The van der Waals surface area contributed by atoms with E-state index in [-0.39, 0.29) is 11.5 Å². The summed E-state index contributed by atoms with van der Waals surface area (Å²) in [6, 6.07) is 6.84. The maximum atomic E-state index is 12.3. The molecule has 0 aliphatic rings. The molecule has 0 spiro atoms. The molecule has 2 heterocycles. The fourth-order valence-corrected chi connectivity index (χ4v) is 3.25. The van der Waals surface area contributed by atoms with Crippen molar-refractivity contribution in [3.63, 3.8) is 0 Å². The lowest BCUT2D eigenvalue weighted by molar-refractivity contribution is -0.125. The van der Waals surface area contributed by atoms with Crippen LogP contribution in [0.15, 0.2) is 41.5 Å². The van der Waals surface area contributed by atoms with Gasteiger partial charge in [0.15, 0.2) is 0 Å². The quantitative estimate of drug-likeness (QED) is 0.618. The van der Waals surface area contributed by atoms with Gasteiger partial charge in [0.25, 0.3) is 5.56 Å². The topological polar surface area (TPSA) is 107 Å². The van der Waals surface area contributed by atoms with E-state index in [0.29, 0.717) is 28.5 Å². The van der Waals surface area contributed by atoms with Crippen molar-refractivity contribution in [3.8, 4) is 22.6 Å². The smallest absolute Gasteiger partial charge is 0.251 e. The first kappa shape index (κ1) is 20.8. The summed E-state index contributed by atoms with van der Waals surface area (Å²) in [6.07, 6.45) is 4.95. The SMILES string of the molecule is CCCn1cc(-c2cc(=O)[nH]c(-c3cc(CC(C)(C)C(N)=O)ccc3Cl)n2)cn1. The van der Waals surface area contributed by atoms with Crippen LogP contribution in [0.2, 0.25) is 5.02 Å². The number of hydrogen-bond donors (Lipinski definition) is 2. The molecule has 152 valence electrons. The predicted molar refractivity (Wildman–Crippen MR) is 113 cm³/mol. The molecule has 0 saturated carbocycles. The zero-order valence-electron chi connectivity index (χ0n) is 16.7. The maximum absolute atomic E-state index is 12.3. The Bertz CT molecular complexity index is 1100. The number of carbonyl (C=O) groups excluding carboxylic acids is 1. The van der Waals surface area contributed by atoms with Crippen molar-refractivity contribution in [2.75, 3.05) is 0 Å². The number of aromatic amines is 1. The molecule has 0 aliphatic heterocycles. The van der Waals surface area contributed by atoms with Gasteiger partial charge in [0.05, 0.1) is 16.9 Å². The standard InChI is InChI=1S/C21H24ClN5O2/c1-4-7-27-12-14(11-24-27)17-9-18(28)26-19(25-17)15-8-13(5-6-16(15)22)10-21(2,3)20(23)29/h5-6,8-9,11-12H,4,7,10H2,1-3H3,(H2,23,29)(H,25,26,28). The molecule has 8 heteroatoms. The van der Waals surface area contributed by atoms with Gasteiger partial charge in [-0.3, -0.25) is 14.3 Å². The number of aryl methyl sites for hydroxylation is 1. The Morgan fingerprint density at radius 3 is 2.76 bits per heavy atom. The molecule has 0 bridgehead atoms. The Morgan fingerprint density at radius 1 is 1.31 bits per heavy atom.